The van der Waals surface area contributed by atoms with Crippen LogP contribution in [0.1, 0.15) is 20.7 Å². The summed E-state index contributed by atoms with van der Waals surface area (Å²) in [6, 6.07) is 23.3. The quantitative estimate of drug-likeness (QED) is 0.525. The van der Waals surface area contributed by atoms with Crippen molar-refractivity contribution in [3.63, 3.8) is 0 Å². The van der Waals surface area contributed by atoms with Crippen molar-refractivity contribution in [3.05, 3.63) is 90.0 Å². The Hall–Kier alpha value is -3.38. The lowest BCUT2D eigenvalue weighted by atomic mass is 10.1. The standard InChI is InChI=1S/C22H16N2O3S/c25-19(14-28-16-10-5-2-6-11-16)23-18-13-7-12-17-20(18)22(27)24(21(17)26)15-8-3-1-4-9-15/h1-13H,14H2,(H,23,25). The molecular weight excluding hydrogens is 372 g/mol. The highest BCUT2D eigenvalue weighted by molar-refractivity contribution is 8.00. The van der Waals surface area contributed by atoms with Crippen LogP contribution in [0.25, 0.3) is 0 Å². The Kier molecular flexibility index (Phi) is 4.95. The minimum absolute atomic E-state index is 0.207. The van der Waals surface area contributed by atoms with Crippen LogP contribution in [0.5, 0.6) is 0 Å². The van der Waals surface area contributed by atoms with E-state index < -0.39 is 5.91 Å². The molecule has 1 aliphatic heterocycles. The van der Waals surface area contributed by atoms with Gasteiger partial charge in [-0.05, 0) is 36.4 Å². The van der Waals surface area contributed by atoms with Gasteiger partial charge in [-0.25, -0.2) is 4.90 Å². The Bertz CT molecular complexity index is 1050. The summed E-state index contributed by atoms with van der Waals surface area (Å²) < 4.78 is 0. The molecule has 3 aromatic rings. The second-order valence-corrected chi connectivity index (χ2v) is 7.21. The predicted octanol–water partition coefficient (Wildman–Crippen LogP) is 4.22. The molecule has 0 atom stereocenters. The largest absolute Gasteiger partial charge is 0.325 e. The summed E-state index contributed by atoms with van der Waals surface area (Å²) in [6.45, 7) is 0. The molecule has 138 valence electrons. The van der Waals surface area contributed by atoms with Gasteiger partial charge in [-0.3, -0.25) is 14.4 Å². The van der Waals surface area contributed by atoms with Crippen LogP contribution in [-0.2, 0) is 4.79 Å². The molecule has 28 heavy (non-hydrogen) atoms. The van der Waals surface area contributed by atoms with E-state index in [1.165, 1.54) is 11.8 Å². The Morgan fingerprint density at radius 1 is 0.821 bits per heavy atom. The molecule has 0 saturated carbocycles. The highest BCUT2D eigenvalue weighted by Crippen LogP contribution is 2.33. The van der Waals surface area contributed by atoms with Gasteiger partial charge in [0.1, 0.15) is 0 Å². The van der Waals surface area contributed by atoms with Gasteiger partial charge in [0, 0.05) is 4.90 Å². The molecule has 0 spiro atoms. The van der Waals surface area contributed by atoms with E-state index in [-0.39, 0.29) is 23.1 Å². The number of anilines is 2. The zero-order chi connectivity index (χ0) is 19.5. The molecule has 1 N–H and O–H groups in total. The first kappa shape index (κ1) is 18.0. The van der Waals surface area contributed by atoms with Gasteiger partial charge in [-0.1, -0.05) is 42.5 Å². The second kappa shape index (κ2) is 7.70. The van der Waals surface area contributed by atoms with Gasteiger partial charge in [-0.15, -0.1) is 11.8 Å². The lowest BCUT2D eigenvalue weighted by molar-refractivity contribution is -0.113. The van der Waals surface area contributed by atoms with Crippen LogP contribution in [0.3, 0.4) is 0 Å². The molecule has 0 radical (unpaired) electrons. The van der Waals surface area contributed by atoms with Gasteiger partial charge < -0.3 is 5.32 Å². The highest BCUT2D eigenvalue weighted by Gasteiger charge is 2.38. The van der Waals surface area contributed by atoms with E-state index in [0.29, 0.717) is 16.9 Å². The number of fused-ring (bicyclic) bond motifs is 1. The average molecular weight is 388 g/mol. The number of imide groups is 1. The zero-order valence-corrected chi connectivity index (χ0v) is 15.6. The molecule has 3 aromatic carbocycles. The van der Waals surface area contributed by atoms with Gasteiger partial charge in [0.15, 0.2) is 0 Å². The number of para-hydroxylation sites is 1. The Morgan fingerprint density at radius 3 is 2.21 bits per heavy atom. The number of amides is 3. The first-order chi connectivity index (χ1) is 13.6. The third-order valence-corrected chi connectivity index (χ3v) is 5.33. The fourth-order valence-corrected chi connectivity index (χ4v) is 3.77. The molecule has 6 heteroatoms. The number of nitrogens with one attached hydrogen (secondary N) is 1. The summed E-state index contributed by atoms with van der Waals surface area (Å²) in [4.78, 5) is 40.2. The maximum absolute atomic E-state index is 12.9. The van der Waals surface area contributed by atoms with Crippen molar-refractivity contribution in [2.45, 2.75) is 4.90 Å². The summed E-state index contributed by atoms with van der Waals surface area (Å²) in [6.07, 6.45) is 0. The topological polar surface area (TPSA) is 66.5 Å². The second-order valence-electron chi connectivity index (χ2n) is 6.16. The Morgan fingerprint density at radius 2 is 1.50 bits per heavy atom. The molecule has 5 nitrogen and oxygen atoms in total. The number of hydrogen-bond donors (Lipinski definition) is 1. The van der Waals surface area contributed by atoms with Gasteiger partial charge in [0.05, 0.1) is 28.3 Å². The summed E-state index contributed by atoms with van der Waals surface area (Å²) in [5.41, 5.74) is 1.38. The van der Waals surface area contributed by atoms with Crippen LogP contribution in [0, 0.1) is 0 Å². The average Bonchev–Trinajstić information content (AvgIpc) is 2.99. The van der Waals surface area contributed by atoms with Crippen molar-refractivity contribution in [1.82, 2.24) is 0 Å². The molecule has 0 bridgehead atoms. The van der Waals surface area contributed by atoms with Crippen LogP contribution < -0.4 is 10.2 Å². The van der Waals surface area contributed by atoms with Crippen LogP contribution in [0.15, 0.2) is 83.8 Å². The van der Waals surface area contributed by atoms with Crippen molar-refractivity contribution < 1.29 is 14.4 Å². The van der Waals surface area contributed by atoms with E-state index in [0.717, 1.165) is 9.80 Å². The minimum atomic E-state index is -0.433. The van der Waals surface area contributed by atoms with Gasteiger partial charge in [-0.2, -0.15) is 0 Å². The fraction of sp³-hybridized carbons (Fsp3) is 0.0455. The molecule has 0 aromatic heterocycles. The maximum atomic E-state index is 12.9. The molecule has 0 aliphatic carbocycles. The maximum Gasteiger partial charge on any atom is 0.268 e. The van der Waals surface area contributed by atoms with Gasteiger partial charge in [0.25, 0.3) is 11.8 Å². The lowest BCUT2D eigenvalue weighted by Gasteiger charge is -2.13. The molecule has 0 unspecified atom stereocenters. The zero-order valence-electron chi connectivity index (χ0n) is 14.8. The Labute approximate surface area is 166 Å². The van der Waals surface area contributed by atoms with Crippen molar-refractivity contribution in [2.24, 2.45) is 0 Å². The SMILES string of the molecule is O=C(CSc1ccccc1)Nc1cccc2c1C(=O)N(c1ccccc1)C2=O. The predicted molar refractivity (Wildman–Crippen MR) is 110 cm³/mol. The number of hydrogen-bond acceptors (Lipinski definition) is 4. The Balaban J connectivity index is 1.55. The fourth-order valence-electron chi connectivity index (χ4n) is 3.05. The molecule has 4 rings (SSSR count). The van der Waals surface area contributed by atoms with Crippen LogP contribution >= 0.6 is 11.8 Å². The summed E-state index contributed by atoms with van der Waals surface area (Å²) in [7, 11) is 0. The summed E-state index contributed by atoms with van der Waals surface area (Å²) in [5, 5.41) is 2.78. The smallest absolute Gasteiger partial charge is 0.268 e. The number of thioether (sulfide) groups is 1. The highest BCUT2D eigenvalue weighted by atomic mass is 32.2. The van der Waals surface area contributed by atoms with Crippen molar-refractivity contribution in [3.8, 4) is 0 Å². The van der Waals surface area contributed by atoms with Crippen molar-refractivity contribution >= 4 is 40.9 Å². The normalized spacial score (nSPS) is 12.8. The molecular formula is C22H16N2O3S. The van der Waals surface area contributed by atoms with Crippen molar-refractivity contribution in [1.29, 1.82) is 0 Å². The van der Waals surface area contributed by atoms with E-state index in [1.54, 1.807) is 42.5 Å². The number of rotatable bonds is 5. The lowest BCUT2D eigenvalue weighted by Crippen LogP contribution is -2.29. The van der Waals surface area contributed by atoms with E-state index >= 15 is 0 Å². The third-order valence-electron chi connectivity index (χ3n) is 4.32. The monoisotopic (exact) mass is 388 g/mol. The third kappa shape index (κ3) is 3.42. The first-order valence-electron chi connectivity index (χ1n) is 8.69. The van der Waals surface area contributed by atoms with Crippen LogP contribution in [0.2, 0.25) is 0 Å². The molecule has 1 aliphatic rings. The number of carbonyl (C=O) groups excluding carboxylic acids is 3. The van der Waals surface area contributed by atoms with Gasteiger partial charge in [0.2, 0.25) is 5.91 Å². The molecule has 0 saturated heterocycles. The van der Waals surface area contributed by atoms with Crippen LogP contribution in [-0.4, -0.2) is 23.5 Å². The number of carbonyl (C=O) groups is 3. The van der Waals surface area contributed by atoms with Crippen molar-refractivity contribution in [2.75, 3.05) is 16.0 Å². The van der Waals surface area contributed by atoms with E-state index in [9.17, 15) is 14.4 Å². The van der Waals surface area contributed by atoms with E-state index in [4.69, 9.17) is 0 Å². The summed E-state index contributed by atoms with van der Waals surface area (Å²) in [5.74, 6) is -0.850. The van der Waals surface area contributed by atoms with E-state index in [1.807, 2.05) is 36.4 Å². The van der Waals surface area contributed by atoms with Gasteiger partial charge >= 0.3 is 0 Å². The molecule has 3 amide bonds. The number of benzene rings is 3. The van der Waals surface area contributed by atoms with E-state index in [2.05, 4.69) is 5.32 Å². The number of nitrogens with zero attached hydrogens (tertiary/aromatic N) is 1. The summed E-state index contributed by atoms with van der Waals surface area (Å²) >= 11 is 1.41. The minimum Gasteiger partial charge on any atom is -0.325 e. The first-order valence-corrected chi connectivity index (χ1v) is 9.68. The molecule has 1 heterocycles. The molecule has 0 fully saturated rings. The van der Waals surface area contributed by atoms with Crippen LogP contribution in [0.4, 0.5) is 11.4 Å².